The van der Waals surface area contributed by atoms with E-state index in [9.17, 15) is 13.2 Å². The minimum Gasteiger partial charge on any atom is -0.481 e. The standard InChI is InChI=1S/C21H31N3O4S/c25-21(26)8-3-16-1-5-19(6-2-16)23-13-14-24(29(23,27)28)20-7-4-17-9-11-22-12-10-18(17)15-20/h4,7,15-16,19,22H,1-3,5-6,8-14H2,(H,25,26)/t16-,19-. The van der Waals surface area contributed by atoms with Crippen molar-refractivity contribution in [3.63, 3.8) is 0 Å². The Bertz CT molecular complexity index is 849. The molecule has 2 fully saturated rings. The highest BCUT2D eigenvalue weighted by Gasteiger charge is 2.42. The molecule has 2 heterocycles. The maximum Gasteiger partial charge on any atom is 0.304 e. The molecule has 0 atom stereocenters. The van der Waals surface area contributed by atoms with Gasteiger partial charge in [-0.15, -0.1) is 0 Å². The number of hydrogen-bond acceptors (Lipinski definition) is 4. The summed E-state index contributed by atoms with van der Waals surface area (Å²) in [6.07, 6.45) is 6.30. The number of carboxylic acids is 1. The highest BCUT2D eigenvalue weighted by molar-refractivity contribution is 7.90. The maximum atomic E-state index is 13.3. The van der Waals surface area contributed by atoms with Crippen LogP contribution < -0.4 is 9.62 Å². The third kappa shape index (κ3) is 4.44. The van der Waals surface area contributed by atoms with Crippen molar-refractivity contribution in [3.05, 3.63) is 29.3 Å². The van der Waals surface area contributed by atoms with Gasteiger partial charge in [0.15, 0.2) is 0 Å². The predicted molar refractivity (Wildman–Crippen MR) is 112 cm³/mol. The molecule has 0 amide bonds. The highest BCUT2D eigenvalue weighted by Crippen LogP contribution is 2.35. The summed E-state index contributed by atoms with van der Waals surface area (Å²) < 4.78 is 29.8. The van der Waals surface area contributed by atoms with Crippen LogP contribution in [0.15, 0.2) is 18.2 Å². The topological polar surface area (TPSA) is 89.9 Å². The van der Waals surface area contributed by atoms with Crippen molar-refractivity contribution < 1.29 is 18.3 Å². The minimum absolute atomic E-state index is 0.0381. The third-order valence-electron chi connectivity index (χ3n) is 6.71. The summed E-state index contributed by atoms with van der Waals surface area (Å²) in [5.41, 5.74) is 3.34. The quantitative estimate of drug-likeness (QED) is 0.761. The van der Waals surface area contributed by atoms with E-state index in [0.29, 0.717) is 25.4 Å². The molecule has 1 saturated carbocycles. The van der Waals surface area contributed by atoms with Gasteiger partial charge < -0.3 is 10.4 Å². The Morgan fingerprint density at radius 2 is 1.79 bits per heavy atom. The Morgan fingerprint density at radius 3 is 2.52 bits per heavy atom. The molecule has 2 aliphatic heterocycles. The monoisotopic (exact) mass is 421 g/mol. The van der Waals surface area contributed by atoms with Crippen molar-refractivity contribution in [1.82, 2.24) is 9.62 Å². The Kier molecular flexibility index (Phi) is 6.13. The van der Waals surface area contributed by atoms with Crippen LogP contribution in [0, 0.1) is 5.92 Å². The summed E-state index contributed by atoms with van der Waals surface area (Å²) in [6, 6.07) is 6.14. The Hall–Kier alpha value is -1.64. The molecule has 8 heteroatoms. The van der Waals surface area contributed by atoms with Crippen LogP contribution in [0.2, 0.25) is 0 Å². The van der Waals surface area contributed by atoms with E-state index in [-0.39, 0.29) is 12.5 Å². The maximum absolute atomic E-state index is 13.3. The predicted octanol–water partition coefficient (Wildman–Crippen LogP) is 2.17. The van der Waals surface area contributed by atoms with Gasteiger partial charge in [-0.25, -0.2) is 0 Å². The first kappa shape index (κ1) is 20.6. The molecule has 0 unspecified atom stereocenters. The third-order valence-corrected chi connectivity index (χ3v) is 8.73. The molecule has 1 aliphatic carbocycles. The van der Waals surface area contributed by atoms with Gasteiger partial charge in [0.1, 0.15) is 0 Å². The zero-order chi connectivity index (χ0) is 20.4. The number of anilines is 1. The van der Waals surface area contributed by atoms with Gasteiger partial charge in [-0.2, -0.15) is 12.7 Å². The normalized spacial score (nSPS) is 27.4. The lowest BCUT2D eigenvalue weighted by atomic mass is 9.83. The minimum atomic E-state index is -3.50. The van der Waals surface area contributed by atoms with Crippen molar-refractivity contribution in [2.24, 2.45) is 5.92 Å². The average molecular weight is 422 g/mol. The summed E-state index contributed by atoms with van der Waals surface area (Å²) in [5.74, 6) is -0.344. The molecule has 1 saturated heterocycles. The van der Waals surface area contributed by atoms with Gasteiger partial charge in [0.25, 0.3) is 0 Å². The zero-order valence-electron chi connectivity index (χ0n) is 16.8. The molecule has 7 nitrogen and oxygen atoms in total. The molecule has 0 radical (unpaired) electrons. The number of rotatable bonds is 5. The van der Waals surface area contributed by atoms with Crippen molar-refractivity contribution in [2.75, 3.05) is 30.5 Å². The van der Waals surface area contributed by atoms with Gasteiger partial charge in [-0.05, 0) is 87.2 Å². The number of carbonyl (C=O) groups is 1. The van der Waals surface area contributed by atoms with Crippen LogP contribution in [0.1, 0.15) is 49.7 Å². The van der Waals surface area contributed by atoms with Gasteiger partial charge in [-0.1, -0.05) is 6.07 Å². The largest absolute Gasteiger partial charge is 0.481 e. The van der Waals surface area contributed by atoms with Crippen molar-refractivity contribution >= 4 is 21.9 Å². The Labute approximate surface area is 173 Å². The fourth-order valence-electron chi connectivity index (χ4n) is 5.04. The number of nitrogens with zero attached hydrogens (tertiary/aromatic N) is 2. The summed E-state index contributed by atoms with van der Waals surface area (Å²) in [6.45, 7) is 2.93. The smallest absolute Gasteiger partial charge is 0.304 e. The molecule has 4 rings (SSSR count). The van der Waals surface area contributed by atoms with Gasteiger partial charge in [0.05, 0.1) is 5.69 Å². The summed E-state index contributed by atoms with van der Waals surface area (Å²) in [5, 5.41) is 12.3. The second kappa shape index (κ2) is 8.62. The van der Waals surface area contributed by atoms with Crippen LogP contribution in [0.3, 0.4) is 0 Å². The van der Waals surface area contributed by atoms with Gasteiger partial charge in [0, 0.05) is 25.6 Å². The molecule has 29 heavy (non-hydrogen) atoms. The first-order valence-corrected chi connectivity index (χ1v) is 12.2. The molecular weight excluding hydrogens is 390 g/mol. The fourth-order valence-corrected chi connectivity index (χ4v) is 6.89. The van der Waals surface area contributed by atoms with Crippen LogP contribution >= 0.6 is 0 Å². The summed E-state index contributed by atoms with van der Waals surface area (Å²) in [7, 11) is -3.50. The van der Waals surface area contributed by atoms with Crippen LogP contribution in [-0.2, 0) is 27.8 Å². The molecular formula is C21H31N3O4S. The molecule has 0 aromatic heterocycles. The molecule has 160 valence electrons. The molecule has 0 bridgehead atoms. The van der Waals surface area contributed by atoms with E-state index in [0.717, 1.165) is 57.3 Å². The SMILES string of the molecule is O=C(O)CC[C@H]1CC[C@H](N2CCN(c3ccc4c(c3)CCNCC4)S2(=O)=O)CC1. The lowest BCUT2D eigenvalue weighted by Gasteiger charge is -2.33. The van der Waals surface area contributed by atoms with E-state index in [2.05, 4.69) is 17.4 Å². The second-order valence-corrected chi connectivity index (χ2v) is 10.3. The first-order chi connectivity index (χ1) is 13.9. The molecule has 3 aliphatic rings. The average Bonchev–Trinajstić information content (AvgIpc) is 2.87. The van der Waals surface area contributed by atoms with E-state index in [1.807, 2.05) is 6.07 Å². The number of nitrogens with one attached hydrogen (secondary N) is 1. The number of aliphatic carboxylic acids is 1. The molecule has 0 spiro atoms. The van der Waals surface area contributed by atoms with Crippen LogP contribution in [0.4, 0.5) is 5.69 Å². The number of hydrogen-bond donors (Lipinski definition) is 2. The molecule has 1 aromatic rings. The van der Waals surface area contributed by atoms with E-state index in [1.165, 1.54) is 11.1 Å². The van der Waals surface area contributed by atoms with Gasteiger partial charge >= 0.3 is 16.2 Å². The zero-order valence-corrected chi connectivity index (χ0v) is 17.7. The van der Waals surface area contributed by atoms with Crippen LogP contribution in [0.5, 0.6) is 0 Å². The summed E-state index contributed by atoms with van der Waals surface area (Å²) >= 11 is 0. The van der Waals surface area contributed by atoms with E-state index in [1.54, 1.807) is 8.61 Å². The van der Waals surface area contributed by atoms with Gasteiger partial charge in [-0.3, -0.25) is 9.10 Å². The number of benzene rings is 1. The molecule has 1 aromatic carbocycles. The van der Waals surface area contributed by atoms with E-state index in [4.69, 9.17) is 5.11 Å². The van der Waals surface area contributed by atoms with E-state index >= 15 is 0 Å². The Balaban J connectivity index is 1.43. The molecule has 2 N–H and O–H groups in total. The first-order valence-electron chi connectivity index (χ1n) is 10.8. The summed E-state index contributed by atoms with van der Waals surface area (Å²) in [4.78, 5) is 10.8. The lowest BCUT2D eigenvalue weighted by Crippen LogP contribution is -2.42. The van der Waals surface area contributed by atoms with Crippen LogP contribution in [-0.4, -0.2) is 56.0 Å². The second-order valence-electron chi connectivity index (χ2n) is 8.50. The van der Waals surface area contributed by atoms with Gasteiger partial charge in [0.2, 0.25) is 0 Å². The highest BCUT2D eigenvalue weighted by atomic mass is 32.2. The van der Waals surface area contributed by atoms with E-state index < -0.39 is 16.2 Å². The van der Waals surface area contributed by atoms with Crippen LogP contribution in [0.25, 0.3) is 0 Å². The lowest BCUT2D eigenvalue weighted by molar-refractivity contribution is -0.137. The number of fused-ring (bicyclic) bond motifs is 1. The fraction of sp³-hybridized carbons (Fsp3) is 0.667. The number of carboxylic acid groups (broad SMARTS) is 1. The Morgan fingerprint density at radius 1 is 1.07 bits per heavy atom. The van der Waals surface area contributed by atoms with Crippen molar-refractivity contribution in [3.8, 4) is 0 Å². The van der Waals surface area contributed by atoms with Crippen molar-refractivity contribution in [2.45, 2.75) is 57.4 Å². The van der Waals surface area contributed by atoms with Crippen molar-refractivity contribution in [1.29, 1.82) is 0 Å².